The number of hydrogen-bond acceptors (Lipinski definition) is 3. The van der Waals surface area contributed by atoms with E-state index in [2.05, 4.69) is 15.9 Å². The second-order valence-corrected chi connectivity index (χ2v) is 4.79. The zero-order chi connectivity index (χ0) is 13.1. The summed E-state index contributed by atoms with van der Waals surface area (Å²) < 4.78 is 18.9. The van der Waals surface area contributed by atoms with Crippen molar-refractivity contribution in [3.8, 4) is 6.07 Å². The summed E-state index contributed by atoms with van der Waals surface area (Å²) in [6, 6.07) is 5.37. The monoisotopic (exact) mass is 312 g/mol. The first-order chi connectivity index (χ1) is 8.61. The van der Waals surface area contributed by atoms with Crippen LogP contribution in [0.2, 0.25) is 0 Å². The summed E-state index contributed by atoms with van der Waals surface area (Å²) in [7, 11) is 0. The molecule has 94 valence electrons. The summed E-state index contributed by atoms with van der Waals surface area (Å²) in [5, 5.41) is 8.96. The highest BCUT2D eigenvalue weighted by Gasteiger charge is 2.28. The molecule has 1 aliphatic heterocycles. The van der Waals surface area contributed by atoms with Crippen molar-refractivity contribution in [2.75, 3.05) is 19.8 Å². The van der Waals surface area contributed by atoms with Crippen molar-refractivity contribution in [1.29, 1.82) is 5.26 Å². The molecule has 1 atom stereocenters. The third-order valence-electron chi connectivity index (χ3n) is 2.65. The van der Waals surface area contributed by atoms with Gasteiger partial charge in [0.15, 0.2) is 0 Å². The number of carbonyl (C=O) groups excluding carboxylic acids is 1. The SMILES string of the molecule is N#CC1COCCN1C(=O)c1cc(F)cc(Br)c1. The maximum absolute atomic E-state index is 13.2. The number of morpholine rings is 1. The van der Waals surface area contributed by atoms with E-state index < -0.39 is 11.9 Å². The number of hydrogen-bond donors (Lipinski definition) is 0. The standard InChI is InChI=1S/C12H10BrFN2O2/c13-9-3-8(4-10(14)5-9)12(17)16-1-2-18-7-11(16)6-15/h3-5,11H,1-2,7H2. The van der Waals surface area contributed by atoms with Crippen LogP contribution in [0.4, 0.5) is 4.39 Å². The summed E-state index contributed by atoms with van der Waals surface area (Å²) in [5.74, 6) is -0.848. The molecule has 0 saturated carbocycles. The van der Waals surface area contributed by atoms with Crippen LogP contribution in [0.1, 0.15) is 10.4 Å². The van der Waals surface area contributed by atoms with Crippen LogP contribution in [0.15, 0.2) is 22.7 Å². The van der Waals surface area contributed by atoms with Crippen molar-refractivity contribution in [2.45, 2.75) is 6.04 Å². The van der Waals surface area contributed by atoms with Gasteiger partial charge in [0.2, 0.25) is 0 Å². The van der Waals surface area contributed by atoms with Gasteiger partial charge in [0.1, 0.15) is 11.9 Å². The molecular formula is C12H10BrFN2O2. The Balaban J connectivity index is 2.27. The molecule has 1 heterocycles. The van der Waals surface area contributed by atoms with Crippen molar-refractivity contribution in [2.24, 2.45) is 0 Å². The Morgan fingerprint density at radius 2 is 2.33 bits per heavy atom. The highest BCUT2D eigenvalue weighted by atomic mass is 79.9. The van der Waals surface area contributed by atoms with Crippen LogP contribution < -0.4 is 0 Å². The number of rotatable bonds is 1. The molecule has 0 aliphatic carbocycles. The van der Waals surface area contributed by atoms with E-state index in [1.54, 1.807) is 0 Å². The largest absolute Gasteiger partial charge is 0.376 e. The molecular weight excluding hydrogens is 303 g/mol. The molecule has 1 unspecified atom stereocenters. The lowest BCUT2D eigenvalue weighted by molar-refractivity contribution is 0.0132. The molecule has 4 nitrogen and oxygen atoms in total. The third-order valence-corrected chi connectivity index (χ3v) is 3.11. The molecule has 1 aromatic rings. The minimum Gasteiger partial charge on any atom is -0.376 e. The average molecular weight is 313 g/mol. The highest BCUT2D eigenvalue weighted by Crippen LogP contribution is 2.18. The van der Waals surface area contributed by atoms with E-state index >= 15 is 0 Å². The predicted molar refractivity (Wildman–Crippen MR) is 65.4 cm³/mol. The summed E-state index contributed by atoms with van der Waals surface area (Å²) in [6.45, 7) is 0.921. The summed E-state index contributed by atoms with van der Waals surface area (Å²) >= 11 is 3.14. The molecule has 0 radical (unpaired) electrons. The Hall–Kier alpha value is -1.45. The third kappa shape index (κ3) is 2.68. The number of amides is 1. The van der Waals surface area contributed by atoms with E-state index in [-0.39, 0.29) is 18.1 Å². The minimum absolute atomic E-state index is 0.193. The van der Waals surface area contributed by atoms with Gasteiger partial charge in [0, 0.05) is 16.6 Å². The smallest absolute Gasteiger partial charge is 0.255 e. The Kier molecular flexibility index (Phi) is 3.94. The van der Waals surface area contributed by atoms with Gasteiger partial charge in [-0.15, -0.1) is 0 Å². The molecule has 6 heteroatoms. The number of benzene rings is 1. The second-order valence-electron chi connectivity index (χ2n) is 3.88. The van der Waals surface area contributed by atoms with Crippen LogP contribution >= 0.6 is 15.9 Å². The van der Waals surface area contributed by atoms with Crippen molar-refractivity contribution in [1.82, 2.24) is 4.90 Å². The number of nitrogens with zero attached hydrogens (tertiary/aromatic N) is 2. The van der Waals surface area contributed by atoms with Crippen molar-refractivity contribution in [3.63, 3.8) is 0 Å². The van der Waals surface area contributed by atoms with E-state index in [4.69, 9.17) is 10.00 Å². The van der Waals surface area contributed by atoms with Gasteiger partial charge < -0.3 is 9.64 Å². The predicted octanol–water partition coefficient (Wildman–Crippen LogP) is 1.95. The molecule has 18 heavy (non-hydrogen) atoms. The summed E-state index contributed by atoms with van der Waals surface area (Å²) in [5.41, 5.74) is 0.226. The first-order valence-corrected chi connectivity index (χ1v) is 6.15. The molecule has 1 aliphatic rings. The molecule has 0 spiro atoms. The van der Waals surface area contributed by atoms with Crippen LogP contribution in [-0.4, -0.2) is 36.6 Å². The van der Waals surface area contributed by atoms with Crippen LogP contribution in [0.25, 0.3) is 0 Å². The van der Waals surface area contributed by atoms with Gasteiger partial charge in [-0.1, -0.05) is 15.9 Å². The van der Waals surface area contributed by atoms with E-state index in [1.807, 2.05) is 6.07 Å². The summed E-state index contributed by atoms with van der Waals surface area (Å²) in [6.07, 6.45) is 0. The van der Waals surface area contributed by atoms with Gasteiger partial charge in [-0.05, 0) is 18.2 Å². The maximum atomic E-state index is 13.2. The quantitative estimate of drug-likeness (QED) is 0.796. The fraction of sp³-hybridized carbons (Fsp3) is 0.333. The lowest BCUT2D eigenvalue weighted by atomic mass is 10.1. The van der Waals surface area contributed by atoms with Gasteiger partial charge in [-0.3, -0.25) is 4.79 Å². The van der Waals surface area contributed by atoms with E-state index in [0.717, 1.165) is 6.07 Å². The lowest BCUT2D eigenvalue weighted by Crippen LogP contribution is -2.48. The number of halogens is 2. The molecule has 0 aromatic heterocycles. The van der Waals surface area contributed by atoms with Crippen molar-refractivity contribution >= 4 is 21.8 Å². The van der Waals surface area contributed by atoms with Gasteiger partial charge in [-0.25, -0.2) is 4.39 Å². The van der Waals surface area contributed by atoms with Crippen molar-refractivity contribution in [3.05, 3.63) is 34.1 Å². The van der Waals surface area contributed by atoms with Crippen LogP contribution in [0.3, 0.4) is 0 Å². The lowest BCUT2D eigenvalue weighted by Gasteiger charge is -2.31. The molecule has 2 rings (SSSR count). The van der Waals surface area contributed by atoms with Gasteiger partial charge in [0.05, 0.1) is 19.3 Å². The maximum Gasteiger partial charge on any atom is 0.255 e. The minimum atomic E-state index is -0.617. The zero-order valence-electron chi connectivity index (χ0n) is 9.40. The van der Waals surface area contributed by atoms with Gasteiger partial charge >= 0.3 is 0 Å². The average Bonchev–Trinajstić information content (AvgIpc) is 2.36. The fourth-order valence-electron chi connectivity index (χ4n) is 1.80. The Bertz CT molecular complexity index is 495. The molecule has 1 saturated heterocycles. The topological polar surface area (TPSA) is 53.3 Å². The second kappa shape index (κ2) is 5.46. The summed E-state index contributed by atoms with van der Waals surface area (Å²) in [4.78, 5) is 13.6. The Morgan fingerprint density at radius 1 is 1.56 bits per heavy atom. The molecule has 1 aromatic carbocycles. The molecule has 0 bridgehead atoms. The zero-order valence-corrected chi connectivity index (χ0v) is 11.0. The van der Waals surface area contributed by atoms with Crippen LogP contribution in [0, 0.1) is 17.1 Å². The number of ether oxygens (including phenoxy) is 1. The molecule has 1 fully saturated rings. The van der Waals surface area contributed by atoms with E-state index in [0.29, 0.717) is 17.6 Å². The van der Waals surface area contributed by atoms with Crippen LogP contribution in [0.5, 0.6) is 0 Å². The van der Waals surface area contributed by atoms with Crippen molar-refractivity contribution < 1.29 is 13.9 Å². The van der Waals surface area contributed by atoms with Gasteiger partial charge in [0.25, 0.3) is 5.91 Å². The molecule has 1 amide bonds. The first-order valence-electron chi connectivity index (χ1n) is 5.36. The Morgan fingerprint density at radius 3 is 3.00 bits per heavy atom. The number of nitriles is 1. The van der Waals surface area contributed by atoms with E-state index in [9.17, 15) is 9.18 Å². The normalized spacial score (nSPS) is 19.4. The van der Waals surface area contributed by atoms with Gasteiger partial charge in [-0.2, -0.15) is 5.26 Å². The fourth-order valence-corrected chi connectivity index (χ4v) is 2.26. The van der Waals surface area contributed by atoms with E-state index in [1.165, 1.54) is 17.0 Å². The van der Waals surface area contributed by atoms with Crippen LogP contribution in [-0.2, 0) is 4.74 Å². The Labute approximate surface area is 112 Å². The molecule has 0 N–H and O–H groups in total. The number of carbonyl (C=O) groups is 1. The highest BCUT2D eigenvalue weighted by molar-refractivity contribution is 9.10. The first kappa shape index (κ1) is 13.0.